The molecule has 2 heterocycles. The lowest BCUT2D eigenvalue weighted by Gasteiger charge is -2.20. The second kappa shape index (κ2) is 5.44. The molecule has 1 amide bonds. The fourth-order valence-electron chi connectivity index (χ4n) is 3.01. The Bertz CT molecular complexity index is 783. The van der Waals surface area contributed by atoms with Crippen molar-refractivity contribution < 1.29 is 14.3 Å². The van der Waals surface area contributed by atoms with E-state index in [0.29, 0.717) is 17.1 Å². The molecule has 0 bridgehead atoms. The van der Waals surface area contributed by atoms with Crippen molar-refractivity contribution in [2.45, 2.75) is 12.0 Å². The van der Waals surface area contributed by atoms with Crippen molar-refractivity contribution >= 4 is 23.2 Å². The van der Waals surface area contributed by atoms with E-state index in [9.17, 15) is 10.1 Å². The van der Waals surface area contributed by atoms with Gasteiger partial charge in [0.25, 0.3) is 0 Å². The third-order valence-electron chi connectivity index (χ3n) is 4.05. The van der Waals surface area contributed by atoms with Crippen LogP contribution in [-0.2, 0) is 4.79 Å². The lowest BCUT2D eigenvalue weighted by Crippen LogP contribution is -2.35. The first-order chi connectivity index (χ1) is 11.0. The number of methoxy groups -OCH3 is 2. The molecule has 0 aliphatic carbocycles. The number of hydrogen-bond donors (Lipinski definition) is 2. The minimum atomic E-state index is -0.657. The average molecular weight is 330 g/mol. The molecule has 1 saturated heterocycles. The molecule has 2 atom stereocenters. The van der Waals surface area contributed by atoms with E-state index in [0.717, 1.165) is 5.56 Å². The largest absolute Gasteiger partial charge is 0.493 e. The number of nitrogens with two attached hydrogens (primary N) is 1. The highest BCUT2D eigenvalue weighted by Gasteiger charge is 2.51. The second-order valence-corrected chi connectivity index (χ2v) is 5.50. The van der Waals surface area contributed by atoms with Crippen molar-refractivity contribution in [1.29, 1.82) is 5.26 Å². The number of nitrogens with zero attached hydrogens (tertiary/aromatic N) is 2. The fourth-order valence-corrected chi connectivity index (χ4v) is 3.32. The average Bonchev–Trinajstić information content (AvgIpc) is 3.02. The summed E-state index contributed by atoms with van der Waals surface area (Å²) in [6, 6.07) is 6.70. The summed E-state index contributed by atoms with van der Waals surface area (Å²) in [6.07, 6.45) is 0. The van der Waals surface area contributed by atoms with Gasteiger partial charge in [-0.05, 0) is 29.9 Å². The number of thiocarbonyl (C=S) groups is 1. The normalized spacial score (nSPS) is 22.7. The molecule has 118 valence electrons. The van der Waals surface area contributed by atoms with Gasteiger partial charge < -0.3 is 20.5 Å². The Balaban J connectivity index is 2.13. The summed E-state index contributed by atoms with van der Waals surface area (Å²) in [7, 11) is 3.06. The predicted molar refractivity (Wildman–Crippen MR) is 85.5 cm³/mol. The molecule has 0 radical (unpaired) electrons. The lowest BCUT2D eigenvalue weighted by atomic mass is 9.87. The van der Waals surface area contributed by atoms with E-state index < -0.39 is 12.0 Å². The van der Waals surface area contributed by atoms with E-state index in [2.05, 4.69) is 11.4 Å². The van der Waals surface area contributed by atoms with Crippen LogP contribution in [0.1, 0.15) is 11.5 Å². The second-order valence-electron chi connectivity index (χ2n) is 5.11. The van der Waals surface area contributed by atoms with Crippen LogP contribution in [0.5, 0.6) is 11.5 Å². The number of hydrogen-bond acceptors (Lipinski definition) is 6. The van der Waals surface area contributed by atoms with Gasteiger partial charge >= 0.3 is 0 Å². The highest BCUT2D eigenvalue weighted by atomic mass is 32.1. The van der Waals surface area contributed by atoms with Crippen LogP contribution in [0, 0.1) is 11.3 Å². The summed E-state index contributed by atoms with van der Waals surface area (Å²) in [5.74, 6) is 0.497. The summed E-state index contributed by atoms with van der Waals surface area (Å²) in [6.45, 7) is 0. The number of fused-ring (bicyclic) bond motifs is 1. The van der Waals surface area contributed by atoms with Crippen molar-refractivity contribution in [3.63, 3.8) is 0 Å². The number of rotatable bonds is 3. The fraction of sp³-hybridized carbons (Fsp3) is 0.267. The van der Waals surface area contributed by atoms with Crippen LogP contribution in [-0.4, -0.2) is 36.2 Å². The van der Waals surface area contributed by atoms with Crippen LogP contribution in [0.15, 0.2) is 29.6 Å². The molecule has 0 aromatic heterocycles. The SMILES string of the molecule is COc1ccc(C2C(C#N)=C(N)N3C(=S)NC(=O)C23)cc1OC. The van der Waals surface area contributed by atoms with Crippen LogP contribution in [0.2, 0.25) is 0 Å². The van der Waals surface area contributed by atoms with E-state index in [-0.39, 0.29) is 16.8 Å². The number of nitrogens with one attached hydrogen (secondary N) is 1. The summed E-state index contributed by atoms with van der Waals surface area (Å²) >= 11 is 5.13. The van der Waals surface area contributed by atoms with Crippen LogP contribution in [0.25, 0.3) is 0 Å². The van der Waals surface area contributed by atoms with Gasteiger partial charge in [-0.25, -0.2) is 0 Å². The van der Waals surface area contributed by atoms with Crippen molar-refractivity contribution in [1.82, 2.24) is 10.2 Å². The minimum Gasteiger partial charge on any atom is -0.493 e. The van der Waals surface area contributed by atoms with Gasteiger partial charge in [0.2, 0.25) is 5.91 Å². The van der Waals surface area contributed by atoms with Gasteiger partial charge in [0.15, 0.2) is 16.6 Å². The van der Waals surface area contributed by atoms with Crippen LogP contribution in [0.3, 0.4) is 0 Å². The Labute approximate surface area is 138 Å². The number of nitriles is 1. The molecule has 1 fully saturated rings. The first kappa shape index (κ1) is 15.1. The molecule has 8 heteroatoms. The van der Waals surface area contributed by atoms with Gasteiger partial charge in [0, 0.05) is 0 Å². The van der Waals surface area contributed by atoms with Gasteiger partial charge in [-0.1, -0.05) is 6.07 Å². The highest BCUT2D eigenvalue weighted by molar-refractivity contribution is 7.80. The topological polar surface area (TPSA) is 101 Å². The third kappa shape index (κ3) is 2.09. The van der Waals surface area contributed by atoms with E-state index >= 15 is 0 Å². The van der Waals surface area contributed by atoms with E-state index in [1.165, 1.54) is 19.1 Å². The molecule has 2 unspecified atom stereocenters. The molecule has 7 nitrogen and oxygen atoms in total. The van der Waals surface area contributed by atoms with Crippen LogP contribution >= 0.6 is 12.2 Å². The molecular weight excluding hydrogens is 316 g/mol. The Morgan fingerprint density at radius 3 is 2.65 bits per heavy atom. The first-order valence-corrected chi connectivity index (χ1v) is 7.20. The number of benzene rings is 1. The molecule has 1 aromatic carbocycles. The quantitative estimate of drug-likeness (QED) is 0.782. The predicted octanol–water partition coefficient (Wildman–Crippen LogP) is 0.580. The zero-order valence-corrected chi connectivity index (χ0v) is 13.3. The Morgan fingerprint density at radius 1 is 1.35 bits per heavy atom. The monoisotopic (exact) mass is 330 g/mol. The molecular formula is C15H14N4O3S. The van der Waals surface area contributed by atoms with Crippen molar-refractivity contribution in [2.24, 2.45) is 5.73 Å². The molecule has 3 N–H and O–H groups in total. The summed E-state index contributed by atoms with van der Waals surface area (Å²) < 4.78 is 10.5. The summed E-state index contributed by atoms with van der Waals surface area (Å²) in [5.41, 5.74) is 7.08. The molecule has 0 saturated carbocycles. The first-order valence-electron chi connectivity index (χ1n) is 6.79. The molecule has 0 spiro atoms. The van der Waals surface area contributed by atoms with E-state index in [1.54, 1.807) is 18.2 Å². The van der Waals surface area contributed by atoms with Crippen LogP contribution in [0.4, 0.5) is 0 Å². The number of amides is 1. The minimum absolute atomic E-state index is 0.209. The maximum Gasteiger partial charge on any atom is 0.250 e. The van der Waals surface area contributed by atoms with Crippen molar-refractivity contribution in [3.8, 4) is 17.6 Å². The standard InChI is InChI=1S/C15H14N4O3S/c1-21-9-4-3-7(5-10(9)22-2)11-8(6-16)13(17)19-12(11)14(20)18-15(19)23/h3-5,11-12H,17H2,1-2H3,(H,18,20,23). The lowest BCUT2D eigenvalue weighted by molar-refractivity contribution is -0.121. The molecule has 2 aliphatic rings. The van der Waals surface area contributed by atoms with Crippen molar-refractivity contribution in [3.05, 3.63) is 35.2 Å². The van der Waals surface area contributed by atoms with Gasteiger partial charge in [-0.2, -0.15) is 5.26 Å². The van der Waals surface area contributed by atoms with Gasteiger partial charge in [-0.15, -0.1) is 0 Å². The molecule has 3 rings (SSSR count). The van der Waals surface area contributed by atoms with E-state index in [4.69, 9.17) is 27.4 Å². The smallest absolute Gasteiger partial charge is 0.250 e. The Hall–Kier alpha value is -2.79. The summed E-state index contributed by atoms with van der Waals surface area (Å²) in [5, 5.41) is 12.3. The van der Waals surface area contributed by atoms with Gasteiger partial charge in [-0.3, -0.25) is 9.69 Å². The maximum atomic E-state index is 12.2. The Kier molecular flexibility index (Phi) is 3.58. The molecule has 2 aliphatic heterocycles. The Morgan fingerprint density at radius 2 is 2.04 bits per heavy atom. The van der Waals surface area contributed by atoms with Crippen molar-refractivity contribution in [2.75, 3.05) is 14.2 Å². The summed E-state index contributed by atoms with van der Waals surface area (Å²) in [4.78, 5) is 13.7. The van der Waals surface area contributed by atoms with Crippen LogP contribution < -0.4 is 20.5 Å². The third-order valence-corrected chi connectivity index (χ3v) is 4.34. The van der Waals surface area contributed by atoms with Gasteiger partial charge in [0.05, 0.1) is 31.8 Å². The number of ether oxygens (including phenoxy) is 2. The molecule has 23 heavy (non-hydrogen) atoms. The number of carbonyl (C=O) groups excluding carboxylic acids is 1. The van der Waals surface area contributed by atoms with Gasteiger partial charge in [0.1, 0.15) is 11.9 Å². The zero-order valence-electron chi connectivity index (χ0n) is 12.5. The molecule has 1 aromatic rings. The van der Waals surface area contributed by atoms with E-state index in [1.807, 2.05) is 0 Å². The number of carbonyl (C=O) groups is 1. The maximum absolute atomic E-state index is 12.2. The highest BCUT2D eigenvalue weighted by Crippen LogP contribution is 2.43. The zero-order chi connectivity index (χ0) is 16.7.